The topological polar surface area (TPSA) is 54.3 Å². The molecule has 156 valence electrons. The molecule has 0 aliphatic carbocycles. The fraction of sp³-hybridized carbons (Fsp3) is 0.318. The molecule has 0 saturated carbocycles. The molecule has 1 fully saturated rings. The Morgan fingerprint density at radius 3 is 2.40 bits per heavy atom. The first-order chi connectivity index (χ1) is 14.5. The zero-order valence-corrected chi connectivity index (χ0v) is 17.5. The van der Waals surface area contributed by atoms with E-state index in [9.17, 15) is 9.18 Å². The summed E-state index contributed by atoms with van der Waals surface area (Å²) >= 11 is 5.91. The van der Waals surface area contributed by atoms with E-state index < -0.39 is 0 Å². The van der Waals surface area contributed by atoms with Crippen molar-refractivity contribution in [3.8, 4) is 0 Å². The highest BCUT2D eigenvalue weighted by Gasteiger charge is 2.24. The van der Waals surface area contributed by atoms with Gasteiger partial charge in [0.2, 0.25) is 5.95 Å². The van der Waals surface area contributed by atoms with Crippen LogP contribution in [0.1, 0.15) is 18.4 Å². The molecule has 1 aliphatic heterocycles. The number of anilines is 2. The zero-order valence-electron chi connectivity index (χ0n) is 16.7. The van der Waals surface area contributed by atoms with Crippen molar-refractivity contribution in [1.29, 1.82) is 0 Å². The van der Waals surface area contributed by atoms with Crippen molar-refractivity contribution < 1.29 is 4.39 Å². The highest BCUT2D eigenvalue weighted by molar-refractivity contribution is 6.30. The standard InChI is InChI=1S/C22H23ClFN5O/c1-27(19-10-12-28(13-11-19)20-8-6-18(24)7-9-20)21-25-15-29(22(30)26-21)14-16-2-4-17(23)5-3-16/h2-9,15,19H,10-14H2,1H3. The second kappa shape index (κ2) is 8.83. The van der Waals surface area contributed by atoms with Gasteiger partial charge in [0.1, 0.15) is 12.1 Å². The second-order valence-corrected chi connectivity index (χ2v) is 7.94. The number of hydrogen-bond acceptors (Lipinski definition) is 5. The van der Waals surface area contributed by atoms with Crippen molar-refractivity contribution in [1.82, 2.24) is 14.5 Å². The lowest BCUT2D eigenvalue weighted by Crippen LogP contribution is -2.44. The molecule has 30 heavy (non-hydrogen) atoms. The van der Waals surface area contributed by atoms with Crippen LogP contribution >= 0.6 is 11.6 Å². The number of nitrogens with zero attached hydrogens (tertiary/aromatic N) is 5. The molecule has 0 unspecified atom stereocenters. The van der Waals surface area contributed by atoms with Gasteiger partial charge >= 0.3 is 5.69 Å². The van der Waals surface area contributed by atoms with E-state index in [1.54, 1.807) is 18.5 Å². The lowest BCUT2D eigenvalue weighted by Gasteiger charge is -2.37. The average molecular weight is 428 g/mol. The molecular formula is C22H23ClFN5O. The molecule has 1 aliphatic rings. The molecule has 1 aromatic heterocycles. The van der Waals surface area contributed by atoms with Gasteiger partial charge in [-0.25, -0.2) is 14.2 Å². The van der Waals surface area contributed by atoms with Gasteiger partial charge in [0.15, 0.2) is 0 Å². The highest BCUT2D eigenvalue weighted by atomic mass is 35.5. The number of piperidine rings is 1. The Bertz CT molecular complexity index is 1050. The van der Waals surface area contributed by atoms with Crippen LogP contribution in [0.4, 0.5) is 16.0 Å². The molecular weight excluding hydrogens is 405 g/mol. The highest BCUT2D eigenvalue weighted by Crippen LogP contribution is 2.23. The molecule has 4 rings (SSSR count). The Morgan fingerprint density at radius 2 is 1.77 bits per heavy atom. The summed E-state index contributed by atoms with van der Waals surface area (Å²) in [6, 6.07) is 14.2. The van der Waals surface area contributed by atoms with E-state index in [1.165, 1.54) is 16.7 Å². The smallest absolute Gasteiger partial charge is 0.352 e. The molecule has 2 heterocycles. The van der Waals surface area contributed by atoms with Crippen LogP contribution < -0.4 is 15.5 Å². The first kappa shape index (κ1) is 20.3. The largest absolute Gasteiger partial charge is 0.371 e. The third kappa shape index (κ3) is 4.62. The minimum absolute atomic E-state index is 0.226. The summed E-state index contributed by atoms with van der Waals surface area (Å²) < 4.78 is 14.6. The van der Waals surface area contributed by atoms with Gasteiger partial charge in [-0.1, -0.05) is 23.7 Å². The Kier molecular flexibility index (Phi) is 5.99. The van der Waals surface area contributed by atoms with Gasteiger partial charge in [0.25, 0.3) is 0 Å². The van der Waals surface area contributed by atoms with Gasteiger partial charge in [0.05, 0.1) is 6.54 Å². The van der Waals surface area contributed by atoms with E-state index in [1.807, 2.05) is 36.2 Å². The van der Waals surface area contributed by atoms with E-state index in [0.29, 0.717) is 17.5 Å². The van der Waals surface area contributed by atoms with Crippen molar-refractivity contribution in [2.45, 2.75) is 25.4 Å². The Labute approximate surface area is 179 Å². The SMILES string of the molecule is CN(c1ncn(Cc2ccc(Cl)cc2)c(=O)n1)C1CCN(c2ccc(F)cc2)CC1. The average Bonchev–Trinajstić information content (AvgIpc) is 2.77. The fourth-order valence-corrected chi connectivity index (χ4v) is 3.87. The van der Waals surface area contributed by atoms with E-state index >= 15 is 0 Å². The summed E-state index contributed by atoms with van der Waals surface area (Å²) in [6.07, 6.45) is 3.36. The van der Waals surface area contributed by atoms with Gasteiger partial charge in [-0.3, -0.25) is 4.57 Å². The summed E-state index contributed by atoms with van der Waals surface area (Å²) in [7, 11) is 1.93. The van der Waals surface area contributed by atoms with Crippen molar-refractivity contribution in [2.24, 2.45) is 0 Å². The molecule has 1 saturated heterocycles. The second-order valence-electron chi connectivity index (χ2n) is 7.50. The number of aromatic nitrogens is 3. The number of halogens is 2. The maximum absolute atomic E-state index is 13.1. The zero-order chi connectivity index (χ0) is 21.1. The van der Waals surface area contributed by atoms with Gasteiger partial charge in [-0.05, 0) is 54.8 Å². The molecule has 3 aromatic rings. The van der Waals surface area contributed by atoms with Gasteiger partial charge in [-0.2, -0.15) is 4.98 Å². The van der Waals surface area contributed by atoms with Crippen LogP contribution in [-0.4, -0.2) is 40.7 Å². The quantitative estimate of drug-likeness (QED) is 0.623. The maximum Gasteiger partial charge on any atom is 0.352 e. The summed E-state index contributed by atoms with van der Waals surface area (Å²) in [6.45, 7) is 2.11. The van der Waals surface area contributed by atoms with Gasteiger partial charge in [-0.15, -0.1) is 0 Å². The number of benzene rings is 2. The van der Waals surface area contributed by atoms with Crippen LogP contribution in [0.25, 0.3) is 0 Å². The first-order valence-corrected chi connectivity index (χ1v) is 10.3. The predicted octanol–water partition coefficient (Wildman–Crippen LogP) is 3.58. The minimum Gasteiger partial charge on any atom is -0.371 e. The van der Waals surface area contributed by atoms with Crippen LogP contribution in [-0.2, 0) is 6.54 Å². The monoisotopic (exact) mass is 427 g/mol. The number of hydrogen-bond donors (Lipinski definition) is 0. The first-order valence-electron chi connectivity index (χ1n) is 9.91. The Balaban J connectivity index is 1.39. The molecule has 2 aromatic carbocycles. The van der Waals surface area contributed by atoms with E-state index in [0.717, 1.165) is 37.2 Å². The molecule has 0 N–H and O–H groups in total. The van der Waals surface area contributed by atoms with Crippen LogP contribution in [0, 0.1) is 5.82 Å². The van der Waals surface area contributed by atoms with E-state index in [-0.39, 0.29) is 17.5 Å². The van der Waals surface area contributed by atoms with Crippen LogP contribution in [0.5, 0.6) is 0 Å². The molecule has 0 amide bonds. The maximum atomic E-state index is 13.1. The lowest BCUT2D eigenvalue weighted by molar-refractivity contribution is 0.475. The third-order valence-electron chi connectivity index (χ3n) is 5.54. The molecule has 0 radical (unpaired) electrons. The van der Waals surface area contributed by atoms with Crippen molar-refractivity contribution in [3.63, 3.8) is 0 Å². The predicted molar refractivity (Wildman–Crippen MR) is 117 cm³/mol. The summed E-state index contributed by atoms with van der Waals surface area (Å²) in [5.41, 5.74) is 1.66. The molecule has 0 bridgehead atoms. The third-order valence-corrected chi connectivity index (χ3v) is 5.79. The lowest BCUT2D eigenvalue weighted by atomic mass is 10.0. The molecule has 0 atom stereocenters. The van der Waals surface area contributed by atoms with Crippen molar-refractivity contribution in [3.05, 3.63) is 81.7 Å². The van der Waals surface area contributed by atoms with Gasteiger partial charge in [0, 0.05) is 36.9 Å². The molecule has 0 spiro atoms. The van der Waals surface area contributed by atoms with Crippen LogP contribution in [0.2, 0.25) is 5.02 Å². The number of rotatable bonds is 5. The fourth-order valence-electron chi connectivity index (χ4n) is 3.74. The van der Waals surface area contributed by atoms with E-state index in [4.69, 9.17) is 11.6 Å². The normalized spacial score (nSPS) is 14.7. The Morgan fingerprint density at radius 1 is 1.10 bits per heavy atom. The molecule has 8 heteroatoms. The van der Waals surface area contributed by atoms with Crippen LogP contribution in [0.3, 0.4) is 0 Å². The van der Waals surface area contributed by atoms with Gasteiger partial charge < -0.3 is 9.80 Å². The van der Waals surface area contributed by atoms with Crippen LogP contribution in [0.15, 0.2) is 59.7 Å². The summed E-state index contributed by atoms with van der Waals surface area (Å²) in [5, 5.41) is 0.657. The van der Waals surface area contributed by atoms with E-state index in [2.05, 4.69) is 14.9 Å². The minimum atomic E-state index is -0.328. The Hall–Kier alpha value is -2.93. The summed E-state index contributed by atoms with van der Waals surface area (Å²) in [5.74, 6) is 0.212. The molecule has 6 nitrogen and oxygen atoms in total. The van der Waals surface area contributed by atoms with Crippen molar-refractivity contribution >= 4 is 23.2 Å². The summed E-state index contributed by atoms with van der Waals surface area (Å²) in [4.78, 5) is 25.3. The van der Waals surface area contributed by atoms with Crippen molar-refractivity contribution in [2.75, 3.05) is 29.9 Å².